The summed E-state index contributed by atoms with van der Waals surface area (Å²) in [6.07, 6.45) is 42.9. The summed E-state index contributed by atoms with van der Waals surface area (Å²) in [6.45, 7) is 9.39. The van der Waals surface area contributed by atoms with Gasteiger partial charge >= 0.3 is 0 Å². The summed E-state index contributed by atoms with van der Waals surface area (Å²) in [7, 11) is 0. The highest BCUT2D eigenvalue weighted by Crippen LogP contribution is 2.14. The van der Waals surface area contributed by atoms with Gasteiger partial charge in [0.15, 0.2) is 0 Å². The molecule has 0 spiro atoms. The summed E-state index contributed by atoms with van der Waals surface area (Å²) in [5, 5.41) is 0. The molecule has 0 aromatic carbocycles. The lowest BCUT2D eigenvalue weighted by molar-refractivity contribution is -0.704. The minimum atomic E-state index is 1.22. The second-order valence-corrected chi connectivity index (χ2v) is 12.0. The van der Waals surface area contributed by atoms with Crippen molar-refractivity contribution in [3.63, 3.8) is 0 Å². The zero-order valence-electron chi connectivity index (χ0n) is 26.1. The lowest BCUT2D eigenvalue weighted by Gasteiger charge is -2.07. The minimum absolute atomic E-state index is 1.22. The Morgan fingerprint density at radius 2 is 0.838 bits per heavy atom. The second-order valence-electron chi connectivity index (χ2n) is 12.0. The highest BCUT2D eigenvalue weighted by atomic mass is 15.1. The molecule has 0 radical (unpaired) electrons. The maximum atomic E-state index is 2.62. The SMILES string of the molecule is CCCCCCCCCCCCCc1n(CCCCCCCCCCCC)cc[n+]1CCCCCCC. The van der Waals surface area contributed by atoms with Gasteiger partial charge < -0.3 is 0 Å². The van der Waals surface area contributed by atoms with Gasteiger partial charge in [-0.2, -0.15) is 0 Å². The fourth-order valence-electron chi connectivity index (χ4n) is 5.80. The third kappa shape index (κ3) is 19.9. The van der Waals surface area contributed by atoms with Crippen molar-refractivity contribution >= 4 is 0 Å². The van der Waals surface area contributed by atoms with Gasteiger partial charge in [-0.05, 0) is 32.1 Å². The highest BCUT2D eigenvalue weighted by molar-refractivity contribution is 4.84. The van der Waals surface area contributed by atoms with Gasteiger partial charge in [0.25, 0.3) is 5.82 Å². The predicted octanol–water partition coefficient (Wildman–Crippen LogP) is 11.5. The van der Waals surface area contributed by atoms with Crippen LogP contribution in [0.2, 0.25) is 0 Å². The van der Waals surface area contributed by atoms with Gasteiger partial charge in [0.1, 0.15) is 12.4 Å². The van der Waals surface area contributed by atoms with E-state index in [1.807, 2.05) is 0 Å². The summed E-state index contributed by atoms with van der Waals surface area (Å²) in [5.41, 5.74) is 0. The number of aryl methyl sites for hydroxylation is 2. The lowest BCUT2D eigenvalue weighted by Crippen LogP contribution is -2.37. The number of aromatic nitrogens is 2. The van der Waals surface area contributed by atoms with E-state index in [1.165, 1.54) is 186 Å². The van der Waals surface area contributed by atoms with Crippen LogP contribution in [0.1, 0.15) is 194 Å². The average molecular weight is 518 g/mol. The Hall–Kier alpha value is -0.790. The van der Waals surface area contributed by atoms with E-state index in [4.69, 9.17) is 0 Å². The second kappa shape index (κ2) is 26.8. The fourth-order valence-corrected chi connectivity index (χ4v) is 5.80. The molecule has 0 N–H and O–H groups in total. The van der Waals surface area contributed by atoms with Crippen molar-refractivity contribution in [3.8, 4) is 0 Å². The molecule has 0 fully saturated rings. The molecule has 0 unspecified atom stereocenters. The molecule has 2 heteroatoms. The Kier molecular flexibility index (Phi) is 24.8. The predicted molar refractivity (Wildman–Crippen MR) is 165 cm³/mol. The van der Waals surface area contributed by atoms with E-state index < -0.39 is 0 Å². The lowest BCUT2D eigenvalue weighted by atomic mass is 10.1. The van der Waals surface area contributed by atoms with Gasteiger partial charge in [-0.3, -0.25) is 0 Å². The van der Waals surface area contributed by atoms with Crippen LogP contribution in [0.5, 0.6) is 0 Å². The van der Waals surface area contributed by atoms with Crippen LogP contribution in [0.25, 0.3) is 0 Å². The number of imidazole rings is 1. The van der Waals surface area contributed by atoms with E-state index in [-0.39, 0.29) is 0 Å². The molecule has 0 aliphatic carbocycles. The molecule has 0 saturated carbocycles. The quantitative estimate of drug-likeness (QED) is 0.0737. The summed E-state index contributed by atoms with van der Waals surface area (Å²) in [5.74, 6) is 1.61. The van der Waals surface area contributed by atoms with Gasteiger partial charge in [0.2, 0.25) is 0 Å². The van der Waals surface area contributed by atoms with E-state index in [0.717, 1.165) is 0 Å². The zero-order valence-corrected chi connectivity index (χ0v) is 26.1. The Morgan fingerprint density at radius 1 is 0.459 bits per heavy atom. The van der Waals surface area contributed by atoms with Crippen molar-refractivity contribution in [2.45, 2.75) is 207 Å². The standard InChI is InChI=1S/C35H69N2/c1-4-7-10-13-15-17-19-20-22-24-27-30-35-36(31-28-25-12-9-6-3)33-34-37(35)32-29-26-23-21-18-16-14-11-8-5-2/h33-34H,4-32H2,1-3H3/q+1. The molecule has 0 aliphatic heterocycles. The number of hydrogen-bond donors (Lipinski definition) is 0. The molecule has 0 aliphatic rings. The average Bonchev–Trinajstić information content (AvgIpc) is 3.29. The molecule has 1 heterocycles. The molecule has 2 nitrogen and oxygen atoms in total. The number of rotatable bonds is 29. The normalized spacial score (nSPS) is 11.5. The fraction of sp³-hybridized carbons (Fsp3) is 0.914. The van der Waals surface area contributed by atoms with Crippen LogP contribution in [0.4, 0.5) is 0 Å². The Labute approximate surface area is 234 Å². The van der Waals surface area contributed by atoms with E-state index in [2.05, 4.69) is 42.3 Å². The maximum Gasteiger partial charge on any atom is 0.256 e. The van der Waals surface area contributed by atoms with E-state index in [9.17, 15) is 0 Å². The van der Waals surface area contributed by atoms with Gasteiger partial charge in [0, 0.05) is 6.42 Å². The van der Waals surface area contributed by atoms with Crippen LogP contribution in [0, 0.1) is 0 Å². The largest absolute Gasteiger partial charge is 0.256 e. The third-order valence-electron chi connectivity index (χ3n) is 8.35. The van der Waals surface area contributed by atoms with Crippen LogP contribution in [0.3, 0.4) is 0 Å². The maximum absolute atomic E-state index is 2.62. The van der Waals surface area contributed by atoms with Crippen LogP contribution in [-0.2, 0) is 19.5 Å². The highest BCUT2D eigenvalue weighted by Gasteiger charge is 2.16. The molecule has 1 rings (SSSR count). The first kappa shape index (κ1) is 34.2. The first-order valence-electron chi connectivity index (χ1n) is 17.4. The van der Waals surface area contributed by atoms with Gasteiger partial charge in [-0.25, -0.2) is 9.13 Å². The third-order valence-corrected chi connectivity index (χ3v) is 8.35. The van der Waals surface area contributed by atoms with E-state index >= 15 is 0 Å². The summed E-state index contributed by atoms with van der Waals surface area (Å²) < 4.78 is 5.23. The van der Waals surface area contributed by atoms with Crippen LogP contribution in [0.15, 0.2) is 12.4 Å². The first-order valence-corrected chi connectivity index (χ1v) is 17.4. The van der Waals surface area contributed by atoms with E-state index in [0.29, 0.717) is 0 Å². The summed E-state index contributed by atoms with van der Waals surface area (Å²) in [4.78, 5) is 0. The smallest absolute Gasteiger partial charge is 0.234 e. The van der Waals surface area contributed by atoms with Crippen molar-refractivity contribution in [3.05, 3.63) is 18.2 Å². The molecule has 0 atom stereocenters. The molecular weight excluding hydrogens is 448 g/mol. The Morgan fingerprint density at radius 3 is 1.30 bits per heavy atom. The van der Waals surface area contributed by atoms with Gasteiger partial charge in [0.05, 0.1) is 13.1 Å². The zero-order chi connectivity index (χ0) is 26.7. The first-order chi connectivity index (χ1) is 18.3. The molecule has 0 bridgehead atoms. The minimum Gasteiger partial charge on any atom is -0.234 e. The van der Waals surface area contributed by atoms with Gasteiger partial charge in [-0.1, -0.05) is 156 Å². The summed E-state index contributed by atoms with van der Waals surface area (Å²) in [6, 6.07) is 0. The molecular formula is C35H69N2+. The topological polar surface area (TPSA) is 8.81 Å². The molecule has 37 heavy (non-hydrogen) atoms. The monoisotopic (exact) mass is 518 g/mol. The number of nitrogens with zero attached hydrogens (tertiary/aromatic N) is 2. The molecule has 0 saturated heterocycles. The summed E-state index contributed by atoms with van der Waals surface area (Å²) >= 11 is 0. The Bertz CT molecular complexity index is 576. The van der Waals surface area contributed by atoms with Crippen LogP contribution in [-0.4, -0.2) is 4.57 Å². The molecule has 0 amide bonds. The van der Waals surface area contributed by atoms with Crippen LogP contribution < -0.4 is 4.57 Å². The van der Waals surface area contributed by atoms with Crippen molar-refractivity contribution < 1.29 is 4.57 Å². The van der Waals surface area contributed by atoms with Crippen molar-refractivity contribution in [1.29, 1.82) is 0 Å². The Balaban J connectivity index is 2.29. The van der Waals surface area contributed by atoms with Crippen molar-refractivity contribution in [1.82, 2.24) is 4.57 Å². The molecule has 218 valence electrons. The van der Waals surface area contributed by atoms with Crippen molar-refractivity contribution in [2.75, 3.05) is 0 Å². The number of hydrogen-bond acceptors (Lipinski definition) is 0. The van der Waals surface area contributed by atoms with Gasteiger partial charge in [-0.15, -0.1) is 0 Å². The van der Waals surface area contributed by atoms with Crippen LogP contribution >= 0.6 is 0 Å². The number of unbranched alkanes of at least 4 members (excludes halogenated alkanes) is 23. The van der Waals surface area contributed by atoms with Crippen molar-refractivity contribution in [2.24, 2.45) is 0 Å². The molecule has 1 aromatic rings. The molecule has 1 aromatic heterocycles. The van der Waals surface area contributed by atoms with E-state index in [1.54, 1.807) is 5.82 Å².